The van der Waals surface area contributed by atoms with E-state index in [0.717, 1.165) is 33.1 Å². The van der Waals surface area contributed by atoms with E-state index >= 15 is 0 Å². The van der Waals surface area contributed by atoms with Gasteiger partial charge in [0.05, 0.1) is 11.0 Å². The summed E-state index contributed by atoms with van der Waals surface area (Å²) in [7, 11) is -1.57. The molecule has 0 saturated heterocycles. The molecule has 0 aliphatic carbocycles. The van der Waals surface area contributed by atoms with E-state index < -0.39 is 7.12 Å². The maximum atomic E-state index is 10.00. The molecule has 2 N–H and O–H groups in total. The van der Waals surface area contributed by atoms with Crippen LogP contribution in [-0.4, -0.2) is 21.7 Å². The van der Waals surface area contributed by atoms with Crippen molar-refractivity contribution in [3.8, 4) is 5.69 Å². The minimum absolute atomic E-state index is 0.443. The second-order valence-corrected chi connectivity index (χ2v) is 9.16. The molecule has 8 rings (SSSR count). The van der Waals surface area contributed by atoms with Gasteiger partial charge in [-0.2, -0.15) is 0 Å². The third kappa shape index (κ3) is 2.38. The highest BCUT2D eigenvalue weighted by Crippen LogP contribution is 2.43. The number of nitrogens with zero attached hydrogens (tertiary/aromatic N) is 1. The molecule has 2 heterocycles. The van der Waals surface area contributed by atoms with Gasteiger partial charge in [0.2, 0.25) is 0 Å². The topological polar surface area (TPSA) is 58.5 Å². The molecule has 0 amide bonds. The number of hydrogen-bond donors (Lipinski definition) is 2. The monoisotopic (exact) mass is 451 g/mol. The van der Waals surface area contributed by atoms with Gasteiger partial charge >= 0.3 is 7.12 Å². The zero-order valence-corrected chi connectivity index (χ0v) is 18.6. The van der Waals surface area contributed by atoms with Gasteiger partial charge in [0, 0.05) is 27.2 Å². The molecule has 0 saturated carbocycles. The molecule has 0 bridgehead atoms. The quantitative estimate of drug-likeness (QED) is 0.246. The van der Waals surface area contributed by atoms with Crippen molar-refractivity contribution < 1.29 is 14.5 Å². The van der Waals surface area contributed by atoms with Crippen LogP contribution in [-0.2, 0) is 0 Å². The summed E-state index contributed by atoms with van der Waals surface area (Å²) in [6.45, 7) is 0. The summed E-state index contributed by atoms with van der Waals surface area (Å²) in [6, 6.07) is 33.1. The normalized spacial score (nSPS) is 12.3. The first-order valence-electron chi connectivity index (χ1n) is 11.7. The van der Waals surface area contributed by atoms with E-state index in [-0.39, 0.29) is 0 Å². The first-order chi connectivity index (χ1) is 17.2. The Kier molecular flexibility index (Phi) is 3.61. The average molecular weight is 451 g/mol. The molecule has 0 unspecified atom stereocenters. The molecular weight excluding hydrogens is 433 g/mol. The minimum Gasteiger partial charge on any atom is -0.456 e. The summed E-state index contributed by atoms with van der Waals surface area (Å²) in [5, 5.41) is 29.1. The number of aromatic nitrogens is 1. The van der Waals surface area contributed by atoms with E-state index in [4.69, 9.17) is 4.42 Å². The van der Waals surface area contributed by atoms with Crippen LogP contribution in [0.25, 0.3) is 71.0 Å². The summed E-state index contributed by atoms with van der Waals surface area (Å²) in [4.78, 5) is 0. The summed E-state index contributed by atoms with van der Waals surface area (Å²) >= 11 is 0. The zero-order valence-electron chi connectivity index (χ0n) is 18.6. The van der Waals surface area contributed by atoms with E-state index in [9.17, 15) is 10.0 Å². The van der Waals surface area contributed by atoms with E-state index in [0.29, 0.717) is 11.0 Å². The van der Waals surface area contributed by atoms with E-state index in [1.807, 2.05) is 12.1 Å². The van der Waals surface area contributed by atoms with Crippen LogP contribution >= 0.6 is 0 Å². The van der Waals surface area contributed by atoms with Crippen molar-refractivity contribution in [2.75, 3.05) is 0 Å². The van der Waals surface area contributed by atoms with Crippen LogP contribution in [0.4, 0.5) is 0 Å². The second kappa shape index (κ2) is 6.63. The Morgan fingerprint density at radius 3 is 1.83 bits per heavy atom. The molecule has 0 atom stereocenters. The number of fused-ring (bicyclic) bond motifs is 6. The molecule has 0 aliphatic rings. The van der Waals surface area contributed by atoms with Crippen molar-refractivity contribution in [3.05, 3.63) is 97.1 Å². The lowest BCUT2D eigenvalue weighted by atomic mass is 9.77. The molecule has 6 aromatic carbocycles. The van der Waals surface area contributed by atoms with Gasteiger partial charge in [-0.25, -0.2) is 0 Å². The fraction of sp³-hybridized carbons (Fsp3) is 0. The lowest BCUT2D eigenvalue weighted by molar-refractivity contribution is 0.426. The van der Waals surface area contributed by atoms with E-state index in [1.54, 1.807) is 12.1 Å². The van der Waals surface area contributed by atoms with Crippen molar-refractivity contribution >= 4 is 77.9 Å². The fourth-order valence-corrected chi connectivity index (χ4v) is 5.98. The third-order valence-corrected chi connectivity index (χ3v) is 7.37. The SMILES string of the molecule is OB(O)c1cccc2oc3ccc(-n4c5cccc6c7ccccc7c7cccc4c7c65)cc3c12. The lowest BCUT2D eigenvalue weighted by Gasteiger charge is -2.08. The number of hydrogen-bond acceptors (Lipinski definition) is 3. The zero-order chi connectivity index (χ0) is 23.3. The van der Waals surface area contributed by atoms with Gasteiger partial charge in [-0.05, 0) is 63.4 Å². The van der Waals surface area contributed by atoms with Crippen LogP contribution in [0.15, 0.2) is 101 Å². The Bertz CT molecular complexity index is 2010. The molecule has 0 radical (unpaired) electrons. The highest BCUT2D eigenvalue weighted by atomic mass is 16.4. The summed E-state index contributed by atoms with van der Waals surface area (Å²) in [6.07, 6.45) is 0. The van der Waals surface area contributed by atoms with E-state index in [1.165, 1.54) is 32.3 Å². The largest absolute Gasteiger partial charge is 0.489 e. The van der Waals surface area contributed by atoms with Crippen molar-refractivity contribution in [3.63, 3.8) is 0 Å². The van der Waals surface area contributed by atoms with Crippen LogP contribution in [0.3, 0.4) is 0 Å². The van der Waals surface area contributed by atoms with Crippen LogP contribution in [0.1, 0.15) is 0 Å². The molecule has 4 nitrogen and oxygen atoms in total. The standard InChI is InChI=1S/C30H18BNO3/c33-31(34)23-10-5-13-27-28(23)22-16-17(14-15-26(22)35-27)32-24-11-3-8-20-18-6-1-2-7-19(18)21-9-4-12-25(32)30(21)29(20)24/h1-16,33-34H. The van der Waals surface area contributed by atoms with Crippen LogP contribution < -0.4 is 5.46 Å². The predicted octanol–water partition coefficient (Wildman–Crippen LogP) is 6.11. The molecule has 8 aromatic rings. The minimum atomic E-state index is -1.57. The molecule has 0 spiro atoms. The first kappa shape index (κ1) is 19.0. The van der Waals surface area contributed by atoms with Gasteiger partial charge in [-0.15, -0.1) is 0 Å². The smallest absolute Gasteiger partial charge is 0.456 e. The van der Waals surface area contributed by atoms with Crippen molar-refractivity contribution in [2.24, 2.45) is 0 Å². The van der Waals surface area contributed by atoms with Crippen LogP contribution in [0.2, 0.25) is 0 Å². The van der Waals surface area contributed by atoms with Gasteiger partial charge in [0.25, 0.3) is 0 Å². The van der Waals surface area contributed by atoms with Gasteiger partial charge in [0.15, 0.2) is 0 Å². The van der Waals surface area contributed by atoms with Crippen molar-refractivity contribution in [1.82, 2.24) is 4.57 Å². The molecule has 5 heteroatoms. The first-order valence-corrected chi connectivity index (χ1v) is 11.7. The van der Waals surface area contributed by atoms with E-state index in [2.05, 4.69) is 77.4 Å². The maximum absolute atomic E-state index is 10.00. The Morgan fingerprint density at radius 1 is 0.543 bits per heavy atom. The van der Waals surface area contributed by atoms with Gasteiger partial charge in [-0.3, -0.25) is 0 Å². The van der Waals surface area contributed by atoms with Gasteiger partial charge in [-0.1, -0.05) is 60.7 Å². The fourth-order valence-electron chi connectivity index (χ4n) is 5.98. The number of rotatable bonds is 2. The Hall–Kier alpha value is -4.32. The molecule has 2 aromatic heterocycles. The molecule has 35 heavy (non-hydrogen) atoms. The van der Waals surface area contributed by atoms with Crippen molar-refractivity contribution in [2.45, 2.75) is 0 Å². The molecular formula is C30H18BNO3. The predicted molar refractivity (Wildman–Crippen MR) is 144 cm³/mol. The van der Waals surface area contributed by atoms with Gasteiger partial charge < -0.3 is 19.0 Å². The number of furan rings is 1. The molecule has 164 valence electrons. The van der Waals surface area contributed by atoms with Crippen LogP contribution in [0, 0.1) is 0 Å². The lowest BCUT2D eigenvalue weighted by Crippen LogP contribution is -2.30. The average Bonchev–Trinajstić information content (AvgIpc) is 3.44. The highest BCUT2D eigenvalue weighted by Gasteiger charge is 2.22. The summed E-state index contributed by atoms with van der Waals surface area (Å²) < 4.78 is 8.35. The molecule has 0 aliphatic heterocycles. The Labute approximate surface area is 199 Å². The molecule has 0 fully saturated rings. The van der Waals surface area contributed by atoms with Crippen LogP contribution in [0.5, 0.6) is 0 Å². The maximum Gasteiger partial charge on any atom is 0.489 e. The number of benzene rings is 6. The third-order valence-electron chi connectivity index (χ3n) is 7.37. The Morgan fingerprint density at radius 2 is 1.17 bits per heavy atom. The summed E-state index contributed by atoms with van der Waals surface area (Å²) in [5.41, 5.74) is 5.10. The second-order valence-electron chi connectivity index (χ2n) is 9.16. The Balaban J connectivity index is 1.55. The highest BCUT2D eigenvalue weighted by molar-refractivity contribution is 6.62. The van der Waals surface area contributed by atoms with Gasteiger partial charge in [0.1, 0.15) is 11.2 Å². The summed E-state index contributed by atoms with van der Waals surface area (Å²) in [5.74, 6) is 0. The van der Waals surface area contributed by atoms with Crippen molar-refractivity contribution in [1.29, 1.82) is 0 Å².